The van der Waals surface area contributed by atoms with Crippen LogP contribution in [0.15, 0.2) is 5.16 Å². The van der Waals surface area contributed by atoms with Gasteiger partial charge in [0.25, 0.3) is 0 Å². The molecule has 2 aromatic heterocycles. The molecule has 3 rings (SSSR count). The van der Waals surface area contributed by atoms with Crippen LogP contribution in [0, 0.1) is 6.92 Å². The second-order valence-corrected chi connectivity index (χ2v) is 7.06. The number of hydrogen-bond acceptors (Lipinski definition) is 6. The molecule has 0 bridgehead atoms. The Hall–Kier alpha value is -1.83. The Morgan fingerprint density at radius 3 is 2.58 bits per heavy atom. The summed E-state index contributed by atoms with van der Waals surface area (Å²) in [5.41, 5.74) is 8.73. The van der Waals surface area contributed by atoms with Crippen LogP contribution in [0.25, 0.3) is 5.65 Å². The lowest BCUT2D eigenvalue weighted by Crippen LogP contribution is -2.33. The SMILES string of the molecule is CCc1c(C)nc(N)n2c(SCC(=O)N3CCCCCC3)nnc12. The van der Waals surface area contributed by atoms with Crippen molar-refractivity contribution in [3.63, 3.8) is 0 Å². The summed E-state index contributed by atoms with van der Waals surface area (Å²) in [5.74, 6) is 0.887. The van der Waals surface area contributed by atoms with Crippen molar-refractivity contribution in [3.05, 3.63) is 11.3 Å². The molecule has 0 aromatic carbocycles. The first-order valence-electron chi connectivity index (χ1n) is 8.52. The van der Waals surface area contributed by atoms with Crippen LogP contribution in [0.3, 0.4) is 0 Å². The number of likely N-dealkylation sites (tertiary alicyclic amines) is 1. The van der Waals surface area contributed by atoms with Crippen molar-refractivity contribution >= 4 is 29.3 Å². The molecule has 0 atom stereocenters. The third-order valence-corrected chi connectivity index (χ3v) is 5.40. The molecule has 0 radical (unpaired) electrons. The molecule has 1 fully saturated rings. The van der Waals surface area contributed by atoms with Crippen molar-refractivity contribution in [1.82, 2.24) is 24.5 Å². The van der Waals surface area contributed by atoms with Crippen molar-refractivity contribution in [2.75, 3.05) is 24.6 Å². The van der Waals surface area contributed by atoms with E-state index in [0.717, 1.165) is 49.3 Å². The van der Waals surface area contributed by atoms with Crippen molar-refractivity contribution in [1.29, 1.82) is 0 Å². The lowest BCUT2D eigenvalue weighted by molar-refractivity contribution is -0.128. The van der Waals surface area contributed by atoms with Gasteiger partial charge in [0.1, 0.15) is 0 Å². The third kappa shape index (κ3) is 3.33. The molecule has 2 aromatic rings. The number of anilines is 1. The van der Waals surface area contributed by atoms with Crippen LogP contribution >= 0.6 is 11.8 Å². The molecule has 0 spiro atoms. The summed E-state index contributed by atoms with van der Waals surface area (Å²) in [6.07, 6.45) is 5.44. The highest BCUT2D eigenvalue weighted by Crippen LogP contribution is 2.24. The number of fused-ring (bicyclic) bond motifs is 1. The normalized spacial score (nSPS) is 15.7. The van der Waals surface area contributed by atoms with Gasteiger partial charge in [-0.25, -0.2) is 9.38 Å². The summed E-state index contributed by atoms with van der Waals surface area (Å²) in [6, 6.07) is 0. The molecule has 1 aliphatic heterocycles. The van der Waals surface area contributed by atoms with E-state index in [2.05, 4.69) is 22.1 Å². The van der Waals surface area contributed by atoms with Gasteiger partial charge in [0.05, 0.1) is 5.75 Å². The molecule has 0 aliphatic carbocycles. The highest BCUT2D eigenvalue weighted by Gasteiger charge is 2.19. The summed E-state index contributed by atoms with van der Waals surface area (Å²) in [6.45, 7) is 5.72. The summed E-state index contributed by atoms with van der Waals surface area (Å²) >= 11 is 1.38. The summed E-state index contributed by atoms with van der Waals surface area (Å²) in [5, 5.41) is 9.12. The van der Waals surface area contributed by atoms with E-state index >= 15 is 0 Å². The lowest BCUT2D eigenvalue weighted by atomic mass is 10.2. The molecule has 1 aliphatic rings. The molecule has 7 nitrogen and oxygen atoms in total. The zero-order valence-corrected chi connectivity index (χ0v) is 15.1. The fourth-order valence-electron chi connectivity index (χ4n) is 3.17. The summed E-state index contributed by atoms with van der Waals surface area (Å²) in [4.78, 5) is 18.8. The molecule has 24 heavy (non-hydrogen) atoms. The Kier molecular flexibility index (Phi) is 5.23. The number of aryl methyl sites for hydroxylation is 2. The smallest absolute Gasteiger partial charge is 0.233 e. The number of aromatic nitrogens is 4. The van der Waals surface area contributed by atoms with Gasteiger partial charge in [0.2, 0.25) is 11.9 Å². The standard InChI is InChI=1S/C16H24N6OS/c1-3-12-11(2)18-15(17)22-14(12)19-20-16(22)24-10-13(23)21-8-6-4-5-7-9-21/h3-10H2,1-2H3,(H2,17,18). The number of hydrogen-bond donors (Lipinski definition) is 1. The molecule has 2 N–H and O–H groups in total. The highest BCUT2D eigenvalue weighted by atomic mass is 32.2. The number of amides is 1. The number of carbonyl (C=O) groups excluding carboxylic acids is 1. The first kappa shape index (κ1) is 17.0. The molecule has 1 saturated heterocycles. The van der Waals surface area contributed by atoms with Gasteiger partial charge in [-0.1, -0.05) is 31.5 Å². The van der Waals surface area contributed by atoms with Gasteiger partial charge in [-0.15, -0.1) is 10.2 Å². The van der Waals surface area contributed by atoms with Crippen LogP contribution in [0.5, 0.6) is 0 Å². The van der Waals surface area contributed by atoms with E-state index in [0.29, 0.717) is 16.9 Å². The topological polar surface area (TPSA) is 89.4 Å². The van der Waals surface area contributed by atoms with Gasteiger partial charge in [0, 0.05) is 24.3 Å². The Balaban J connectivity index is 1.77. The summed E-state index contributed by atoms with van der Waals surface area (Å²) < 4.78 is 1.76. The third-order valence-electron chi connectivity index (χ3n) is 4.49. The molecule has 1 amide bonds. The van der Waals surface area contributed by atoms with Crippen molar-refractivity contribution < 1.29 is 4.79 Å². The highest BCUT2D eigenvalue weighted by molar-refractivity contribution is 7.99. The van der Waals surface area contributed by atoms with E-state index in [9.17, 15) is 4.79 Å². The quantitative estimate of drug-likeness (QED) is 0.851. The first-order chi connectivity index (χ1) is 11.6. The summed E-state index contributed by atoms with van der Waals surface area (Å²) in [7, 11) is 0. The number of rotatable bonds is 4. The van der Waals surface area contributed by atoms with Crippen molar-refractivity contribution in [3.8, 4) is 0 Å². The van der Waals surface area contributed by atoms with Crippen LogP contribution in [0.1, 0.15) is 43.9 Å². The molecule has 8 heteroatoms. The van der Waals surface area contributed by atoms with Crippen LogP contribution in [-0.4, -0.2) is 49.2 Å². The van der Waals surface area contributed by atoms with Crippen LogP contribution in [-0.2, 0) is 11.2 Å². The Morgan fingerprint density at radius 2 is 1.92 bits per heavy atom. The van der Waals surface area contributed by atoms with Crippen molar-refractivity contribution in [2.45, 2.75) is 51.1 Å². The molecule has 130 valence electrons. The van der Waals surface area contributed by atoms with Crippen LogP contribution in [0.2, 0.25) is 0 Å². The van der Waals surface area contributed by atoms with E-state index in [1.54, 1.807) is 4.40 Å². The number of carbonyl (C=O) groups is 1. The maximum Gasteiger partial charge on any atom is 0.233 e. The van der Waals surface area contributed by atoms with Crippen LogP contribution in [0.4, 0.5) is 5.95 Å². The first-order valence-corrected chi connectivity index (χ1v) is 9.51. The largest absolute Gasteiger partial charge is 0.369 e. The minimum atomic E-state index is 0.160. The van der Waals surface area contributed by atoms with E-state index in [1.807, 2.05) is 11.8 Å². The van der Waals surface area contributed by atoms with E-state index in [-0.39, 0.29) is 5.91 Å². The second-order valence-electron chi connectivity index (χ2n) is 6.11. The van der Waals surface area contributed by atoms with Gasteiger partial charge in [-0.2, -0.15) is 0 Å². The predicted molar refractivity (Wildman–Crippen MR) is 95.1 cm³/mol. The number of nitrogens with two attached hydrogens (primary N) is 1. The van der Waals surface area contributed by atoms with Crippen molar-refractivity contribution in [2.24, 2.45) is 0 Å². The van der Waals surface area contributed by atoms with Gasteiger partial charge in [-0.3, -0.25) is 4.79 Å². The van der Waals surface area contributed by atoms with E-state index in [4.69, 9.17) is 5.73 Å². The Labute approximate surface area is 146 Å². The molecular weight excluding hydrogens is 324 g/mol. The van der Waals surface area contributed by atoms with Gasteiger partial charge >= 0.3 is 0 Å². The molecule has 0 unspecified atom stereocenters. The fourth-order valence-corrected chi connectivity index (χ4v) is 4.01. The van der Waals surface area contributed by atoms with Gasteiger partial charge in [-0.05, 0) is 26.2 Å². The van der Waals surface area contributed by atoms with Gasteiger partial charge < -0.3 is 10.6 Å². The zero-order valence-electron chi connectivity index (χ0n) is 14.3. The lowest BCUT2D eigenvalue weighted by Gasteiger charge is -2.19. The van der Waals surface area contributed by atoms with Crippen LogP contribution < -0.4 is 5.73 Å². The predicted octanol–water partition coefficient (Wildman–Crippen LogP) is 2.07. The minimum absolute atomic E-state index is 0.160. The number of thioether (sulfide) groups is 1. The van der Waals surface area contributed by atoms with Gasteiger partial charge in [0.15, 0.2) is 10.8 Å². The average molecular weight is 348 g/mol. The molecule has 3 heterocycles. The Morgan fingerprint density at radius 1 is 1.21 bits per heavy atom. The minimum Gasteiger partial charge on any atom is -0.369 e. The van der Waals surface area contributed by atoms with E-state index < -0.39 is 0 Å². The fraction of sp³-hybridized carbons (Fsp3) is 0.625. The second kappa shape index (κ2) is 7.38. The number of nitrogens with zero attached hydrogens (tertiary/aromatic N) is 5. The monoisotopic (exact) mass is 348 g/mol. The maximum atomic E-state index is 12.4. The molecule has 0 saturated carbocycles. The average Bonchev–Trinajstić information content (AvgIpc) is 2.80. The Bertz CT molecular complexity index is 736. The number of nitrogen functional groups attached to an aromatic ring is 1. The maximum absolute atomic E-state index is 12.4. The van der Waals surface area contributed by atoms with E-state index in [1.165, 1.54) is 24.6 Å². The molecular formula is C16H24N6OS. The zero-order chi connectivity index (χ0) is 17.1.